The molecular weight excluding hydrogens is 350 g/mol. The molecule has 0 radical (unpaired) electrons. The molecule has 3 rings (SSSR count). The van der Waals surface area contributed by atoms with E-state index < -0.39 is 0 Å². The highest BCUT2D eigenvalue weighted by molar-refractivity contribution is 6.30. The molecule has 1 atom stereocenters. The lowest BCUT2D eigenvalue weighted by Gasteiger charge is -2.30. The summed E-state index contributed by atoms with van der Waals surface area (Å²) in [5.74, 6) is 2.45. The number of halogens is 1. The Morgan fingerprint density at radius 2 is 1.73 bits per heavy atom. The molecule has 0 aliphatic carbocycles. The molecule has 0 amide bonds. The molecule has 0 saturated carbocycles. The molecule has 1 N–H and O–H groups in total. The molecule has 0 aromatic heterocycles. The minimum atomic E-state index is 0.000910. The summed E-state index contributed by atoms with van der Waals surface area (Å²) in [7, 11) is 1.70. The molecule has 0 fully saturated rings. The van der Waals surface area contributed by atoms with Crippen molar-refractivity contribution in [1.29, 1.82) is 0 Å². The number of aryl methyl sites for hydroxylation is 1. The quantitative estimate of drug-likeness (QED) is 0.795. The Hall–Kier alpha value is -1.91. The number of ether oxygens (including phenoxy) is 3. The smallest absolute Gasteiger partial charge is 0.161 e. The maximum Gasteiger partial charge on any atom is 0.161 e. The van der Waals surface area contributed by atoms with Gasteiger partial charge in [-0.25, -0.2) is 0 Å². The topological polar surface area (TPSA) is 39.7 Å². The number of hydrogen-bond donors (Lipinski definition) is 1. The number of methoxy groups -OCH3 is 1. The standard InChI is InChI=1S/C21H26ClNO3/c1-5-25-18-10-14-7-8-23-20(16(14)12-19(18)26-6-2)17-11-15(22)9-13(3)21(17)24-4/h9-12,20,23H,5-8H2,1-4H3. The van der Waals surface area contributed by atoms with Crippen LogP contribution in [0.4, 0.5) is 0 Å². The maximum atomic E-state index is 6.34. The fourth-order valence-corrected chi connectivity index (χ4v) is 3.91. The molecule has 0 saturated heterocycles. The van der Waals surface area contributed by atoms with Gasteiger partial charge in [-0.1, -0.05) is 11.6 Å². The summed E-state index contributed by atoms with van der Waals surface area (Å²) in [6.45, 7) is 8.07. The van der Waals surface area contributed by atoms with E-state index in [1.54, 1.807) is 7.11 Å². The molecule has 26 heavy (non-hydrogen) atoms. The van der Waals surface area contributed by atoms with Crippen molar-refractivity contribution in [3.63, 3.8) is 0 Å². The number of rotatable bonds is 6. The van der Waals surface area contributed by atoms with E-state index in [9.17, 15) is 0 Å². The Balaban J connectivity index is 2.13. The average molecular weight is 376 g/mol. The second-order valence-corrected chi connectivity index (χ2v) is 6.78. The Kier molecular flexibility index (Phi) is 5.94. The van der Waals surface area contributed by atoms with E-state index in [1.807, 2.05) is 32.9 Å². The van der Waals surface area contributed by atoms with Gasteiger partial charge in [0, 0.05) is 17.1 Å². The number of benzene rings is 2. The van der Waals surface area contributed by atoms with Crippen molar-refractivity contribution in [3.8, 4) is 17.2 Å². The monoisotopic (exact) mass is 375 g/mol. The van der Waals surface area contributed by atoms with Crippen LogP contribution in [0.2, 0.25) is 5.02 Å². The zero-order valence-corrected chi connectivity index (χ0v) is 16.6. The number of fused-ring (bicyclic) bond motifs is 1. The Morgan fingerprint density at radius 3 is 2.38 bits per heavy atom. The van der Waals surface area contributed by atoms with Crippen LogP contribution in [0.1, 0.15) is 42.1 Å². The van der Waals surface area contributed by atoms with Crippen LogP contribution < -0.4 is 19.5 Å². The van der Waals surface area contributed by atoms with Crippen LogP contribution in [0.3, 0.4) is 0 Å². The van der Waals surface area contributed by atoms with Crippen LogP contribution >= 0.6 is 11.6 Å². The summed E-state index contributed by atoms with van der Waals surface area (Å²) in [6, 6.07) is 8.12. The lowest BCUT2D eigenvalue weighted by molar-refractivity contribution is 0.286. The van der Waals surface area contributed by atoms with Gasteiger partial charge in [-0.2, -0.15) is 0 Å². The van der Waals surface area contributed by atoms with Crippen molar-refractivity contribution in [2.75, 3.05) is 26.9 Å². The lowest BCUT2D eigenvalue weighted by atomic mass is 9.88. The van der Waals surface area contributed by atoms with Gasteiger partial charge in [0.2, 0.25) is 0 Å². The van der Waals surface area contributed by atoms with Gasteiger partial charge < -0.3 is 19.5 Å². The van der Waals surface area contributed by atoms with Crippen LogP contribution in [0.15, 0.2) is 24.3 Å². The molecule has 1 unspecified atom stereocenters. The largest absolute Gasteiger partial charge is 0.496 e. The van der Waals surface area contributed by atoms with Crippen LogP contribution in [-0.2, 0) is 6.42 Å². The van der Waals surface area contributed by atoms with E-state index in [0.717, 1.165) is 41.3 Å². The lowest BCUT2D eigenvalue weighted by Crippen LogP contribution is -2.31. The van der Waals surface area contributed by atoms with Gasteiger partial charge in [-0.05, 0) is 68.1 Å². The van der Waals surface area contributed by atoms with E-state index in [4.69, 9.17) is 25.8 Å². The Labute approximate surface area is 160 Å². The molecule has 1 heterocycles. The SMILES string of the molecule is CCOc1cc2c(cc1OCC)C(c1cc(Cl)cc(C)c1OC)NCC2. The predicted octanol–water partition coefficient (Wildman–Crippen LogP) is 4.69. The number of nitrogens with one attached hydrogen (secondary N) is 1. The first-order valence-corrected chi connectivity index (χ1v) is 9.46. The first-order chi connectivity index (χ1) is 12.6. The number of hydrogen-bond acceptors (Lipinski definition) is 4. The van der Waals surface area contributed by atoms with Crippen molar-refractivity contribution >= 4 is 11.6 Å². The summed E-state index contributed by atoms with van der Waals surface area (Å²) in [5.41, 5.74) is 4.52. The van der Waals surface area contributed by atoms with E-state index in [2.05, 4.69) is 17.4 Å². The van der Waals surface area contributed by atoms with Gasteiger partial charge in [0.1, 0.15) is 5.75 Å². The fraction of sp³-hybridized carbons (Fsp3) is 0.429. The summed E-state index contributed by atoms with van der Waals surface area (Å²) >= 11 is 6.34. The zero-order valence-electron chi connectivity index (χ0n) is 15.8. The van der Waals surface area contributed by atoms with E-state index in [-0.39, 0.29) is 6.04 Å². The first kappa shape index (κ1) is 18.9. The normalized spacial score (nSPS) is 16.1. The summed E-state index contributed by atoms with van der Waals surface area (Å²) < 4.78 is 17.3. The van der Waals surface area contributed by atoms with Crippen molar-refractivity contribution in [1.82, 2.24) is 5.32 Å². The van der Waals surface area contributed by atoms with Crippen LogP contribution in [0.25, 0.3) is 0 Å². The zero-order chi connectivity index (χ0) is 18.7. The molecule has 2 aromatic rings. The Bertz CT molecular complexity index is 791. The molecular formula is C21H26ClNO3. The van der Waals surface area contributed by atoms with Crippen LogP contribution in [0.5, 0.6) is 17.2 Å². The van der Waals surface area contributed by atoms with E-state index in [0.29, 0.717) is 18.2 Å². The van der Waals surface area contributed by atoms with Gasteiger partial charge >= 0.3 is 0 Å². The van der Waals surface area contributed by atoms with Crippen molar-refractivity contribution in [2.24, 2.45) is 0 Å². The molecule has 5 heteroatoms. The maximum absolute atomic E-state index is 6.34. The van der Waals surface area contributed by atoms with Gasteiger partial charge in [-0.3, -0.25) is 0 Å². The third-order valence-corrected chi connectivity index (χ3v) is 4.86. The van der Waals surface area contributed by atoms with Crippen molar-refractivity contribution in [3.05, 3.63) is 51.5 Å². The molecule has 0 spiro atoms. The van der Waals surface area contributed by atoms with Gasteiger partial charge in [-0.15, -0.1) is 0 Å². The summed E-state index contributed by atoms with van der Waals surface area (Å²) in [4.78, 5) is 0. The predicted molar refractivity (Wildman–Crippen MR) is 105 cm³/mol. The fourth-order valence-electron chi connectivity index (χ4n) is 3.63. The molecule has 1 aliphatic rings. The third kappa shape index (κ3) is 3.62. The minimum absolute atomic E-state index is 0.000910. The van der Waals surface area contributed by atoms with Gasteiger partial charge in [0.05, 0.1) is 26.4 Å². The average Bonchev–Trinajstić information content (AvgIpc) is 2.61. The van der Waals surface area contributed by atoms with Gasteiger partial charge in [0.15, 0.2) is 11.5 Å². The molecule has 2 aromatic carbocycles. The van der Waals surface area contributed by atoms with Crippen LogP contribution in [0, 0.1) is 6.92 Å². The molecule has 140 valence electrons. The molecule has 1 aliphatic heterocycles. The second kappa shape index (κ2) is 8.19. The second-order valence-electron chi connectivity index (χ2n) is 6.35. The highest BCUT2D eigenvalue weighted by Crippen LogP contribution is 2.41. The van der Waals surface area contributed by atoms with Gasteiger partial charge in [0.25, 0.3) is 0 Å². The first-order valence-electron chi connectivity index (χ1n) is 9.08. The highest BCUT2D eigenvalue weighted by atomic mass is 35.5. The van der Waals surface area contributed by atoms with E-state index in [1.165, 1.54) is 11.1 Å². The van der Waals surface area contributed by atoms with E-state index >= 15 is 0 Å². The summed E-state index contributed by atoms with van der Waals surface area (Å²) in [5, 5.41) is 4.32. The van der Waals surface area contributed by atoms with Crippen molar-refractivity contribution in [2.45, 2.75) is 33.2 Å². The third-order valence-electron chi connectivity index (χ3n) is 4.64. The van der Waals surface area contributed by atoms with Crippen LogP contribution in [-0.4, -0.2) is 26.9 Å². The molecule has 4 nitrogen and oxygen atoms in total. The Morgan fingerprint density at radius 1 is 1.04 bits per heavy atom. The highest BCUT2D eigenvalue weighted by Gasteiger charge is 2.27. The van der Waals surface area contributed by atoms with Crippen molar-refractivity contribution < 1.29 is 14.2 Å². The summed E-state index contributed by atoms with van der Waals surface area (Å²) in [6.07, 6.45) is 0.945. The minimum Gasteiger partial charge on any atom is -0.496 e. The molecule has 0 bridgehead atoms.